The third kappa shape index (κ3) is 8.01. The molecule has 0 saturated heterocycles. The second-order valence-electron chi connectivity index (χ2n) is 7.87. The summed E-state index contributed by atoms with van der Waals surface area (Å²) in [6.07, 6.45) is 4.53. The molecule has 0 aliphatic carbocycles. The molecule has 3 aromatic carbocycles. The van der Waals surface area contributed by atoms with E-state index in [1.54, 1.807) is 36.4 Å². The largest absolute Gasteiger partial charge is 0.491 e. The van der Waals surface area contributed by atoms with Crippen molar-refractivity contribution < 1.29 is 24.2 Å². The average Bonchev–Trinajstić information content (AvgIpc) is 2.84. The van der Waals surface area contributed by atoms with Gasteiger partial charge in [0.15, 0.2) is 0 Å². The molecule has 0 aliphatic heterocycles. The van der Waals surface area contributed by atoms with Crippen LogP contribution < -0.4 is 15.4 Å². The van der Waals surface area contributed by atoms with Crippen LogP contribution in [0.4, 0.5) is 5.69 Å². The van der Waals surface area contributed by atoms with Gasteiger partial charge < -0.3 is 20.5 Å². The summed E-state index contributed by atoms with van der Waals surface area (Å²) in [6.45, 7) is 3.85. The number of carbonyl (C=O) groups is 3. The normalized spacial score (nSPS) is 11.3. The van der Waals surface area contributed by atoms with Crippen molar-refractivity contribution in [2.45, 2.75) is 20.0 Å². The van der Waals surface area contributed by atoms with Gasteiger partial charge in [-0.05, 0) is 67.5 Å². The first-order chi connectivity index (χ1) is 16.8. The molecule has 0 aromatic heterocycles. The maximum absolute atomic E-state index is 13.0. The van der Waals surface area contributed by atoms with Gasteiger partial charge in [-0.3, -0.25) is 9.59 Å². The van der Waals surface area contributed by atoms with Gasteiger partial charge in [-0.15, -0.1) is 0 Å². The van der Waals surface area contributed by atoms with E-state index in [2.05, 4.69) is 10.6 Å². The summed E-state index contributed by atoms with van der Waals surface area (Å²) in [5.74, 6) is -1.52. The molecule has 7 heteroatoms. The Labute approximate surface area is 203 Å². The van der Waals surface area contributed by atoms with Gasteiger partial charge in [-0.25, -0.2) is 4.79 Å². The lowest BCUT2D eigenvalue weighted by Gasteiger charge is -2.12. The zero-order valence-corrected chi connectivity index (χ0v) is 19.4. The number of carboxylic acid groups (broad SMARTS) is 1. The van der Waals surface area contributed by atoms with Crippen molar-refractivity contribution in [3.05, 3.63) is 107 Å². The molecule has 3 aromatic rings. The molecule has 0 unspecified atom stereocenters. The maximum atomic E-state index is 13.0. The standard InChI is InChI=1S/C28H26N2O5/c1-19(2)35-24-14-11-21(12-15-24)17-25(30-26(31)16-13-20-7-4-3-5-8-20)27(32)29-23-10-6-9-22(18-23)28(33)34/h3-19H,1-2H3,(H,29,32)(H,30,31)(H,33,34). The van der Waals surface area contributed by atoms with Gasteiger partial charge in [0.05, 0.1) is 11.7 Å². The highest BCUT2D eigenvalue weighted by molar-refractivity contribution is 6.10. The smallest absolute Gasteiger partial charge is 0.335 e. The summed E-state index contributed by atoms with van der Waals surface area (Å²) in [4.78, 5) is 36.8. The Kier molecular flexibility index (Phi) is 8.56. The van der Waals surface area contributed by atoms with Gasteiger partial charge in [0.1, 0.15) is 11.4 Å². The molecule has 7 nitrogen and oxygen atoms in total. The van der Waals surface area contributed by atoms with Crippen molar-refractivity contribution in [3.8, 4) is 5.75 Å². The van der Waals surface area contributed by atoms with E-state index in [1.165, 1.54) is 30.4 Å². The number of nitrogens with one attached hydrogen (secondary N) is 2. The average molecular weight is 471 g/mol. The van der Waals surface area contributed by atoms with Gasteiger partial charge in [0.2, 0.25) is 5.91 Å². The number of rotatable bonds is 9. The summed E-state index contributed by atoms with van der Waals surface area (Å²) in [5, 5.41) is 14.5. The fraction of sp³-hybridized carbons (Fsp3) is 0.107. The number of benzene rings is 3. The molecule has 3 N–H and O–H groups in total. The molecule has 178 valence electrons. The molecule has 0 saturated carbocycles. The molecular formula is C28H26N2O5. The molecular weight excluding hydrogens is 444 g/mol. The molecule has 0 radical (unpaired) electrons. The first-order valence-corrected chi connectivity index (χ1v) is 11.0. The zero-order valence-electron chi connectivity index (χ0n) is 19.4. The summed E-state index contributed by atoms with van der Waals surface area (Å²) in [5.41, 5.74) is 1.81. The van der Waals surface area contributed by atoms with Gasteiger partial charge in [0.25, 0.3) is 5.91 Å². The van der Waals surface area contributed by atoms with Gasteiger partial charge in [-0.2, -0.15) is 0 Å². The molecule has 0 atom stereocenters. The minimum atomic E-state index is -1.11. The fourth-order valence-corrected chi connectivity index (χ4v) is 3.08. The van der Waals surface area contributed by atoms with Crippen molar-refractivity contribution in [3.63, 3.8) is 0 Å². The molecule has 2 amide bonds. The van der Waals surface area contributed by atoms with E-state index in [4.69, 9.17) is 4.74 Å². The number of carboxylic acids is 1. The molecule has 35 heavy (non-hydrogen) atoms. The number of hydrogen-bond donors (Lipinski definition) is 3. The van der Waals surface area contributed by atoms with Gasteiger partial charge >= 0.3 is 5.97 Å². The SMILES string of the molecule is CC(C)Oc1ccc(C=C(NC(=O)C=Cc2ccccc2)C(=O)Nc2cccc(C(=O)O)c2)cc1. The van der Waals surface area contributed by atoms with Crippen LogP contribution in [0, 0.1) is 0 Å². The number of amides is 2. The highest BCUT2D eigenvalue weighted by Gasteiger charge is 2.14. The number of ether oxygens (including phenoxy) is 1. The predicted octanol–water partition coefficient (Wildman–Crippen LogP) is 4.98. The molecule has 0 bridgehead atoms. The Morgan fingerprint density at radius 3 is 2.26 bits per heavy atom. The summed E-state index contributed by atoms with van der Waals surface area (Å²) < 4.78 is 5.64. The van der Waals surface area contributed by atoms with E-state index in [0.717, 1.165) is 5.56 Å². The number of anilines is 1. The van der Waals surface area contributed by atoms with E-state index in [0.29, 0.717) is 11.3 Å². The van der Waals surface area contributed by atoms with Crippen molar-refractivity contribution in [2.24, 2.45) is 0 Å². The lowest BCUT2D eigenvalue weighted by Crippen LogP contribution is -2.29. The minimum absolute atomic E-state index is 0.00836. The maximum Gasteiger partial charge on any atom is 0.335 e. The van der Waals surface area contributed by atoms with E-state index >= 15 is 0 Å². The second-order valence-corrected chi connectivity index (χ2v) is 7.87. The summed E-state index contributed by atoms with van der Waals surface area (Å²) in [7, 11) is 0. The predicted molar refractivity (Wildman–Crippen MR) is 136 cm³/mol. The van der Waals surface area contributed by atoms with Crippen molar-refractivity contribution in [2.75, 3.05) is 5.32 Å². The van der Waals surface area contributed by atoms with Crippen LogP contribution in [-0.2, 0) is 9.59 Å². The van der Waals surface area contributed by atoms with Crippen molar-refractivity contribution in [1.82, 2.24) is 5.32 Å². The number of hydrogen-bond acceptors (Lipinski definition) is 4. The van der Waals surface area contributed by atoms with Crippen LogP contribution in [0.5, 0.6) is 5.75 Å². The van der Waals surface area contributed by atoms with E-state index in [1.807, 2.05) is 44.2 Å². The topological polar surface area (TPSA) is 105 Å². The van der Waals surface area contributed by atoms with Crippen LogP contribution >= 0.6 is 0 Å². The minimum Gasteiger partial charge on any atom is -0.491 e. The van der Waals surface area contributed by atoms with Gasteiger partial charge in [-0.1, -0.05) is 48.5 Å². The van der Waals surface area contributed by atoms with Crippen LogP contribution in [0.25, 0.3) is 12.2 Å². The molecule has 3 rings (SSSR count). The lowest BCUT2D eigenvalue weighted by molar-refractivity contribution is -0.118. The number of aromatic carboxylic acids is 1. The Balaban J connectivity index is 1.84. The molecule has 0 fully saturated rings. The Bertz CT molecular complexity index is 1250. The summed E-state index contributed by atoms with van der Waals surface area (Å²) in [6, 6.07) is 22.2. The van der Waals surface area contributed by atoms with Gasteiger partial charge in [0, 0.05) is 11.8 Å². The summed E-state index contributed by atoms with van der Waals surface area (Å²) >= 11 is 0. The number of carbonyl (C=O) groups excluding carboxylic acids is 2. The first-order valence-electron chi connectivity index (χ1n) is 11.0. The molecule has 0 spiro atoms. The quantitative estimate of drug-likeness (QED) is 0.383. The van der Waals surface area contributed by atoms with Crippen molar-refractivity contribution in [1.29, 1.82) is 0 Å². The van der Waals surface area contributed by atoms with Crippen LogP contribution in [0.2, 0.25) is 0 Å². The van der Waals surface area contributed by atoms with Crippen LogP contribution in [0.3, 0.4) is 0 Å². The van der Waals surface area contributed by atoms with Crippen molar-refractivity contribution >= 4 is 35.6 Å². The fourth-order valence-electron chi connectivity index (χ4n) is 3.08. The van der Waals surface area contributed by atoms with Crippen LogP contribution in [-0.4, -0.2) is 29.0 Å². The molecule has 0 aliphatic rings. The second kappa shape index (κ2) is 12.0. The van der Waals surface area contributed by atoms with E-state index in [9.17, 15) is 19.5 Å². The van der Waals surface area contributed by atoms with Crippen LogP contribution in [0.1, 0.15) is 35.3 Å². The third-order valence-corrected chi connectivity index (χ3v) is 4.66. The first kappa shape index (κ1) is 25.0. The zero-order chi connectivity index (χ0) is 25.2. The van der Waals surface area contributed by atoms with E-state index < -0.39 is 17.8 Å². The molecule has 0 heterocycles. The Morgan fingerprint density at radius 2 is 1.60 bits per heavy atom. The van der Waals surface area contributed by atoms with Crippen LogP contribution in [0.15, 0.2) is 90.6 Å². The third-order valence-electron chi connectivity index (χ3n) is 4.66. The Hall–Kier alpha value is -4.65. The monoisotopic (exact) mass is 470 g/mol. The highest BCUT2D eigenvalue weighted by Crippen LogP contribution is 2.17. The highest BCUT2D eigenvalue weighted by atomic mass is 16.5. The van der Waals surface area contributed by atoms with E-state index in [-0.39, 0.29) is 23.1 Å². The Morgan fingerprint density at radius 1 is 0.886 bits per heavy atom. The lowest BCUT2D eigenvalue weighted by atomic mass is 10.1.